The van der Waals surface area contributed by atoms with Gasteiger partial charge in [-0.2, -0.15) is 18.3 Å². The first kappa shape index (κ1) is 27.3. The van der Waals surface area contributed by atoms with Crippen molar-refractivity contribution in [3.63, 3.8) is 0 Å². The highest BCUT2D eigenvalue weighted by Crippen LogP contribution is 2.46. The van der Waals surface area contributed by atoms with E-state index in [1.54, 1.807) is 0 Å². The van der Waals surface area contributed by atoms with Gasteiger partial charge in [-0.05, 0) is 38.1 Å². The smallest absolute Gasteiger partial charge is 0.433 e. The molecule has 11 nitrogen and oxygen atoms in total. The van der Waals surface area contributed by atoms with Gasteiger partial charge in [-0.15, -0.1) is 0 Å². The molecule has 4 aromatic heterocycles. The lowest BCUT2D eigenvalue weighted by Gasteiger charge is -2.13. The van der Waals surface area contributed by atoms with E-state index in [9.17, 15) is 18.0 Å². The maximum atomic E-state index is 15.1. The largest absolute Gasteiger partial charge is 0.493 e. The molecule has 0 aliphatic carbocycles. The van der Waals surface area contributed by atoms with Gasteiger partial charge in [0, 0.05) is 41.8 Å². The molecular weight excluding hydrogens is 562 g/mol. The third kappa shape index (κ3) is 4.81. The van der Waals surface area contributed by atoms with E-state index in [2.05, 4.69) is 25.4 Å². The first-order chi connectivity index (χ1) is 20.1. The van der Waals surface area contributed by atoms with Gasteiger partial charge < -0.3 is 19.5 Å². The fourth-order valence-corrected chi connectivity index (χ4v) is 4.73. The minimum absolute atomic E-state index is 0.110. The molecular formula is C27H23F4N7O4. The van der Waals surface area contributed by atoms with E-state index in [4.69, 9.17) is 14.2 Å². The number of epoxide rings is 1. The first-order valence-corrected chi connectivity index (χ1v) is 12.7. The van der Waals surface area contributed by atoms with Gasteiger partial charge in [0.25, 0.3) is 0 Å². The van der Waals surface area contributed by atoms with Crippen molar-refractivity contribution in [1.29, 1.82) is 0 Å². The molecule has 6 rings (SSSR count). The van der Waals surface area contributed by atoms with Crippen LogP contribution in [0.3, 0.4) is 0 Å². The van der Waals surface area contributed by atoms with Crippen LogP contribution in [0.15, 0.2) is 59.8 Å². The normalized spacial score (nSPS) is 16.7. The van der Waals surface area contributed by atoms with Crippen LogP contribution in [-0.2, 0) is 10.9 Å². The number of pyridine rings is 2. The fraction of sp³-hybridized carbons (Fsp3) is 0.259. The number of aromatic amines is 1. The maximum Gasteiger partial charge on any atom is 0.433 e. The Morgan fingerprint density at radius 3 is 2.62 bits per heavy atom. The number of alkyl halides is 3. The number of nitrogens with one attached hydrogen (secondary N) is 2. The Labute approximate surface area is 234 Å². The number of methoxy groups -OCH3 is 1. The van der Waals surface area contributed by atoms with E-state index in [-0.39, 0.29) is 46.0 Å². The van der Waals surface area contributed by atoms with Gasteiger partial charge in [0.1, 0.15) is 11.6 Å². The number of fused-ring (bicyclic) bond motifs is 1. The number of hydrogen-bond donors (Lipinski definition) is 2. The molecule has 1 aliphatic heterocycles. The average Bonchev–Trinajstić information content (AvgIpc) is 3.38. The molecule has 0 spiro atoms. The number of ether oxygens (including phenoxy) is 3. The molecule has 218 valence electrons. The zero-order valence-corrected chi connectivity index (χ0v) is 22.3. The number of hydrogen-bond acceptors (Lipinski definition) is 8. The highest BCUT2D eigenvalue weighted by Gasteiger charge is 2.49. The summed E-state index contributed by atoms with van der Waals surface area (Å²) in [7, 11) is 1.32. The van der Waals surface area contributed by atoms with Crippen LogP contribution in [-0.4, -0.2) is 42.6 Å². The number of imidazole rings is 1. The van der Waals surface area contributed by atoms with E-state index in [1.807, 2.05) is 13.8 Å². The standard InChI is InChI=1S/C27H23F4N7O4/c1-13(2)37-20-18(8-10-32-23(20)36-26(37)39)41-17-7-6-14(11-16(17)28)35-25-21(42-25)15-12-34-38(22(15)27(29,30)31)24-19(40-3)5-4-9-33-24/h4-13,21,25,35H,1-3H3,(H,32,36,39). The van der Waals surface area contributed by atoms with E-state index < -0.39 is 30.0 Å². The summed E-state index contributed by atoms with van der Waals surface area (Å²) in [5.41, 5.74) is -0.710. The molecule has 2 unspecified atom stereocenters. The second-order valence-corrected chi connectivity index (χ2v) is 9.66. The van der Waals surface area contributed by atoms with Crippen LogP contribution >= 0.6 is 0 Å². The number of H-pyrrole nitrogens is 1. The van der Waals surface area contributed by atoms with Crippen LogP contribution in [0.5, 0.6) is 17.2 Å². The van der Waals surface area contributed by atoms with Crippen LogP contribution in [0.4, 0.5) is 23.2 Å². The molecule has 15 heteroatoms. The van der Waals surface area contributed by atoms with Crippen LogP contribution in [0, 0.1) is 5.82 Å². The highest BCUT2D eigenvalue weighted by molar-refractivity contribution is 5.78. The van der Waals surface area contributed by atoms with Crippen LogP contribution in [0.2, 0.25) is 0 Å². The summed E-state index contributed by atoms with van der Waals surface area (Å²) in [5, 5.41) is 6.79. The molecule has 1 fully saturated rings. The van der Waals surface area contributed by atoms with E-state index in [0.717, 1.165) is 12.3 Å². The number of anilines is 1. The van der Waals surface area contributed by atoms with Crippen molar-refractivity contribution in [3.05, 3.63) is 82.5 Å². The summed E-state index contributed by atoms with van der Waals surface area (Å²) >= 11 is 0. The molecule has 1 aromatic carbocycles. The number of rotatable bonds is 8. The Bertz CT molecular complexity index is 1850. The van der Waals surface area contributed by atoms with Gasteiger partial charge in [-0.3, -0.25) is 9.55 Å². The molecule has 0 radical (unpaired) electrons. The first-order valence-electron chi connectivity index (χ1n) is 12.7. The van der Waals surface area contributed by atoms with Crippen molar-refractivity contribution in [2.24, 2.45) is 0 Å². The van der Waals surface area contributed by atoms with Gasteiger partial charge in [0.15, 0.2) is 46.5 Å². The number of benzene rings is 1. The molecule has 2 atom stereocenters. The fourth-order valence-electron chi connectivity index (χ4n) is 4.73. The van der Waals surface area contributed by atoms with Crippen LogP contribution in [0.1, 0.15) is 37.3 Å². The van der Waals surface area contributed by atoms with Gasteiger partial charge in [-0.1, -0.05) is 0 Å². The SMILES string of the molecule is COc1cccnc1-n1ncc(C2OC2Nc2ccc(Oc3ccnc4[nH]c(=O)n(C(C)C)c34)c(F)c2)c1C(F)(F)F. The quantitative estimate of drug-likeness (QED) is 0.184. The zero-order chi connectivity index (χ0) is 29.8. The number of nitrogens with zero attached hydrogens (tertiary/aromatic N) is 5. The number of halogens is 4. The van der Waals surface area contributed by atoms with E-state index in [1.165, 1.54) is 54.4 Å². The Morgan fingerprint density at radius 2 is 1.90 bits per heavy atom. The lowest BCUT2D eigenvalue weighted by atomic mass is 10.1. The van der Waals surface area contributed by atoms with Crippen LogP contribution < -0.4 is 20.5 Å². The summed E-state index contributed by atoms with van der Waals surface area (Å²) in [6.07, 6.45) is -2.84. The molecule has 2 N–H and O–H groups in total. The minimum atomic E-state index is -4.78. The van der Waals surface area contributed by atoms with Gasteiger partial charge in [0.2, 0.25) is 0 Å². The summed E-state index contributed by atoms with van der Waals surface area (Å²) in [5.74, 6) is -0.674. The molecule has 5 aromatic rings. The van der Waals surface area contributed by atoms with Gasteiger partial charge in [-0.25, -0.2) is 23.8 Å². The Kier molecular flexibility index (Phi) is 6.60. The summed E-state index contributed by atoms with van der Waals surface area (Å²) in [6, 6.07) is 8.29. The molecule has 42 heavy (non-hydrogen) atoms. The van der Waals surface area contributed by atoms with Crippen molar-refractivity contribution in [2.45, 2.75) is 38.4 Å². The predicted octanol–water partition coefficient (Wildman–Crippen LogP) is 5.35. The van der Waals surface area contributed by atoms with E-state index in [0.29, 0.717) is 15.8 Å². The topological polar surface area (TPSA) is 124 Å². The monoisotopic (exact) mass is 585 g/mol. The third-order valence-electron chi connectivity index (χ3n) is 6.58. The van der Waals surface area contributed by atoms with Crippen molar-refractivity contribution >= 4 is 16.9 Å². The number of aromatic nitrogens is 6. The predicted molar refractivity (Wildman–Crippen MR) is 141 cm³/mol. The average molecular weight is 586 g/mol. The molecule has 5 heterocycles. The summed E-state index contributed by atoms with van der Waals surface area (Å²) in [4.78, 5) is 23.1. The van der Waals surface area contributed by atoms with Crippen LogP contribution in [0.25, 0.3) is 17.0 Å². The molecule has 1 aliphatic rings. The Balaban J connectivity index is 1.23. The second kappa shape index (κ2) is 10.2. The molecule has 0 bridgehead atoms. The zero-order valence-electron chi connectivity index (χ0n) is 22.3. The lowest BCUT2D eigenvalue weighted by molar-refractivity contribution is -0.143. The third-order valence-corrected chi connectivity index (χ3v) is 6.58. The van der Waals surface area contributed by atoms with Gasteiger partial charge >= 0.3 is 11.9 Å². The van der Waals surface area contributed by atoms with Gasteiger partial charge in [0.05, 0.1) is 13.3 Å². The second-order valence-electron chi connectivity index (χ2n) is 9.66. The van der Waals surface area contributed by atoms with E-state index >= 15 is 4.39 Å². The lowest BCUT2D eigenvalue weighted by Crippen LogP contribution is -2.18. The summed E-state index contributed by atoms with van der Waals surface area (Å²) < 4.78 is 76.1. The molecule has 0 amide bonds. The van der Waals surface area contributed by atoms with Crippen molar-refractivity contribution in [1.82, 2.24) is 29.3 Å². The summed E-state index contributed by atoms with van der Waals surface area (Å²) in [6.45, 7) is 3.63. The Morgan fingerprint density at radius 1 is 1.10 bits per heavy atom. The van der Waals surface area contributed by atoms with Crippen molar-refractivity contribution in [3.8, 4) is 23.1 Å². The molecule has 1 saturated heterocycles. The maximum absolute atomic E-state index is 15.1. The van der Waals surface area contributed by atoms with Crippen molar-refractivity contribution < 1.29 is 31.8 Å². The highest BCUT2D eigenvalue weighted by atomic mass is 19.4. The van der Waals surface area contributed by atoms with Crippen molar-refractivity contribution in [2.75, 3.05) is 12.4 Å². The molecule has 0 saturated carbocycles. The minimum Gasteiger partial charge on any atom is -0.493 e. The Hall–Kier alpha value is -4.92.